The van der Waals surface area contributed by atoms with Crippen molar-refractivity contribution in [2.45, 2.75) is 188 Å². The highest BCUT2D eigenvalue weighted by Crippen LogP contribution is 2.47. The lowest BCUT2D eigenvalue weighted by molar-refractivity contribution is -0.194. The summed E-state index contributed by atoms with van der Waals surface area (Å²) in [6.45, 7) is 41.5. The Labute approximate surface area is 353 Å². The predicted octanol–water partition coefficient (Wildman–Crippen LogP) is 9.37. The topological polar surface area (TPSA) is 136 Å². The van der Waals surface area contributed by atoms with Crippen LogP contribution >= 0.6 is 0 Å². The average molecular weight is 826 g/mol. The number of hydrogen-bond donors (Lipinski definition) is 1. The molecule has 0 radical (unpaired) electrons. The molecule has 11 nitrogen and oxygen atoms in total. The molecule has 1 fully saturated rings. The molecule has 1 aliphatic rings. The number of esters is 4. The van der Waals surface area contributed by atoms with Crippen LogP contribution in [0.5, 0.6) is 0 Å². The molecule has 0 bridgehead atoms. The first-order chi connectivity index (χ1) is 26.2. The zero-order valence-corrected chi connectivity index (χ0v) is 40.6. The van der Waals surface area contributed by atoms with E-state index in [1.54, 1.807) is 13.8 Å². The van der Waals surface area contributed by atoms with Gasteiger partial charge in [0, 0.05) is 24.9 Å². The zero-order chi connectivity index (χ0) is 45.3. The van der Waals surface area contributed by atoms with Gasteiger partial charge in [0.1, 0.15) is 13.2 Å². The predicted molar refractivity (Wildman–Crippen MR) is 230 cm³/mol. The third kappa shape index (κ3) is 15.7. The van der Waals surface area contributed by atoms with Crippen LogP contribution in [0.1, 0.15) is 164 Å². The van der Waals surface area contributed by atoms with Gasteiger partial charge in [-0.2, -0.15) is 0 Å². The van der Waals surface area contributed by atoms with E-state index in [9.17, 15) is 19.2 Å². The van der Waals surface area contributed by atoms with E-state index < -0.39 is 57.9 Å². The maximum Gasteiger partial charge on any atom is 0.338 e. The molecule has 1 aliphatic heterocycles. The van der Waals surface area contributed by atoms with Gasteiger partial charge in [0.2, 0.25) is 0 Å². The van der Waals surface area contributed by atoms with Crippen LogP contribution in [-0.2, 0) is 47.6 Å². The molecule has 1 heterocycles. The van der Waals surface area contributed by atoms with Gasteiger partial charge in [-0.25, -0.2) is 4.79 Å². The summed E-state index contributed by atoms with van der Waals surface area (Å²) in [4.78, 5) is 53.6. The molecule has 0 spiro atoms. The molecule has 0 amide bonds. The van der Waals surface area contributed by atoms with Crippen LogP contribution in [0.15, 0.2) is 0 Å². The van der Waals surface area contributed by atoms with E-state index in [-0.39, 0.29) is 61.1 Å². The van der Waals surface area contributed by atoms with E-state index in [0.29, 0.717) is 31.3 Å². The Morgan fingerprint density at radius 2 is 1.40 bits per heavy atom. The van der Waals surface area contributed by atoms with Crippen LogP contribution in [0.2, 0.25) is 0 Å². The minimum absolute atomic E-state index is 0.101. The SMILES string of the molecule is CCC(=O)OCC(COCC1COC(=O)C(C)(OCC(C)(C)C(C)C)C(C)C(C)(C)CC(C)(C)C(=O)O1)OC(=O)C(C)(C)CCC(C)(C)C(C)NCC(C)(C)C(C)C. The van der Waals surface area contributed by atoms with Crippen LogP contribution in [0.25, 0.3) is 0 Å². The van der Waals surface area contributed by atoms with Gasteiger partial charge < -0.3 is 33.7 Å². The summed E-state index contributed by atoms with van der Waals surface area (Å²) in [5, 5.41) is 3.73. The van der Waals surface area contributed by atoms with Gasteiger partial charge in [-0.3, -0.25) is 14.4 Å². The van der Waals surface area contributed by atoms with Crippen molar-refractivity contribution < 1.29 is 47.6 Å². The van der Waals surface area contributed by atoms with E-state index in [1.807, 2.05) is 48.5 Å². The summed E-state index contributed by atoms with van der Waals surface area (Å²) >= 11 is 0. The Morgan fingerprint density at radius 1 is 0.828 bits per heavy atom. The third-order valence-electron chi connectivity index (χ3n) is 14.0. The lowest BCUT2D eigenvalue weighted by Crippen LogP contribution is -2.53. The minimum Gasteiger partial charge on any atom is -0.462 e. The van der Waals surface area contributed by atoms with E-state index in [1.165, 1.54) is 0 Å². The lowest BCUT2D eigenvalue weighted by Gasteiger charge is -2.46. The first kappa shape index (κ1) is 53.8. The van der Waals surface area contributed by atoms with Crippen LogP contribution in [0.4, 0.5) is 0 Å². The van der Waals surface area contributed by atoms with Crippen molar-refractivity contribution in [3.8, 4) is 0 Å². The van der Waals surface area contributed by atoms with Crippen molar-refractivity contribution in [1.82, 2.24) is 5.32 Å². The Balaban J connectivity index is 3.20. The molecule has 1 N–H and O–H groups in total. The molecule has 11 heteroatoms. The van der Waals surface area contributed by atoms with Crippen molar-refractivity contribution in [2.24, 2.45) is 50.2 Å². The summed E-state index contributed by atoms with van der Waals surface area (Å²) in [6.07, 6.45) is 0.0526. The summed E-state index contributed by atoms with van der Waals surface area (Å²) in [5.41, 5.74) is -3.73. The van der Waals surface area contributed by atoms with Gasteiger partial charge in [-0.05, 0) is 94.3 Å². The summed E-state index contributed by atoms with van der Waals surface area (Å²) in [5.74, 6) is -1.33. The van der Waals surface area contributed by atoms with E-state index >= 15 is 0 Å². The van der Waals surface area contributed by atoms with Crippen molar-refractivity contribution in [2.75, 3.05) is 39.6 Å². The summed E-state index contributed by atoms with van der Waals surface area (Å²) in [6, 6.07) is 0.213. The normalized spacial score (nSPS) is 23.4. The Hall–Kier alpha value is -2.24. The molecule has 0 aromatic carbocycles. The maximum atomic E-state index is 14.0. The molecule has 0 saturated carbocycles. The van der Waals surface area contributed by atoms with Gasteiger partial charge >= 0.3 is 23.9 Å². The molecule has 0 aromatic heterocycles. The molecular formula is C47H87NO10. The molecule has 58 heavy (non-hydrogen) atoms. The van der Waals surface area contributed by atoms with Crippen LogP contribution in [-0.4, -0.2) is 87.3 Å². The second kappa shape index (κ2) is 21.0. The van der Waals surface area contributed by atoms with Crippen LogP contribution in [0.3, 0.4) is 0 Å². The van der Waals surface area contributed by atoms with Gasteiger partial charge in [-0.1, -0.05) is 96.9 Å². The molecule has 340 valence electrons. The van der Waals surface area contributed by atoms with E-state index in [2.05, 4.69) is 81.5 Å². The second-order valence-corrected chi connectivity index (χ2v) is 22.2. The number of ether oxygens (including phenoxy) is 6. The number of nitrogens with one attached hydrogen (secondary N) is 1. The average Bonchev–Trinajstić information content (AvgIpc) is 3.11. The van der Waals surface area contributed by atoms with Crippen LogP contribution < -0.4 is 5.32 Å². The monoisotopic (exact) mass is 826 g/mol. The van der Waals surface area contributed by atoms with Crippen LogP contribution in [0, 0.1) is 50.2 Å². The van der Waals surface area contributed by atoms with Crippen molar-refractivity contribution in [3.63, 3.8) is 0 Å². The highest BCUT2D eigenvalue weighted by atomic mass is 16.6. The first-order valence-corrected chi connectivity index (χ1v) is 21.9. The molecule has 1 rings (SSSR count). The Bertz CT molecular complexity index is 1350. The maximum absolute atomic E-state index is 14.0. The number of hydrogen-bond acceptors (Lipinski definition) is 11. The fourth-order valence-corrected chi connectivity index (χ4v) is 6.61. The third-order valence-corrected chi connectivity index (χ3v) is 14.0. The molecular weight excluding hydrogens is 739 g/mol. The molecule has 5 atom stereocenters. The van der Waals surface area contributed by atoms with Gasteiger partial charge in [0.15, 0.2) is 17.8 Å². The second-order valence-electron chi connectivity index (χ2n) is 22.2. The zero-order valence-electron chi connectivity index (χ0n) is 40.6. The molecule has 0 aromatic rings. The lowest BCUT2D eigenvalue weighted by atomic mass is 9.64. The van der Waals surface area contributed by atoms with Gasteiger partial charge in [0.05, 0.1) is 30.7 Å². The number of carbonyl (C=O) groups excluding carboxylic acids is 4. The highest BCUT2D eigenvalue weighted by Gasteiger charge is 2.52. The smallest absolute Gasteiger partial charge is 0.338 e. The van der Waals surface area contributed by atoms with Gasteiger partial charge in [0.25, 0.3) is 0 Å². The highest BCUT2D eigenvalue weighted by molar-refractivity contribution is 5.80. The summed E-state index contributed by atoms with van der Waals surface area (Å²) < 4.78 is 35.8. The minimum atomic E-state index is -1.31. The molecule has 1 saturated heterocycles. The number of carbonyl (C=O) groups is 4. The number of cyclic esters (lactones) is 2. The first-order valence-electron chi connectivity index (χ1n) is 21.9. The number of rotatable bonds is 21. The van der Waals surface area contributed by atoms with E-state index in [0.717, 1.165) is 13.0 Å². The largest absolute Gasteiger partial charge is 0.462 e. The standard InChI is InChI=1S/C47H87NO10/c1-21-37(49)54-26-35(57-38(50)42(10,11)23-22-41(8,9)34(7)48-29-45(16,17)31(2)3)24-53-25-36-27-55-40(52)47(20,56-30-46(18,19)32(4)5)33(6)43(12,13)28-44(14,15)39(51)58-36/h31-36,48H,21-30H2,1-20H3. The van der Waals surface area contributed by atoms with Crippen molar-refractivity contribution >= 4 is 23.9 Å². The Morgan fingerprint density at radius 3 is 1.93 bits per heavy atom. The van der Waals surface area contributed by atoms with Crippen molar-refractivity contribution in [3.05, 3.63) is 0 Å². The fraction of sp³-hybridized carbons (Fsp3) is 0.915. The Kier molecular flexibility index (Phi) is 19.5. The van der Waals surface area contributed by atoms with E-state index in [4.69, 9.17) is 28.4 Å². The molecule has 5 unspecified atom stereocenters. The molecule has 0 aliphatic carbocycles. The summed E-state index contributed by atoms with van der Waals surface area (Å²) in [7, 11) is 0. The fourth-order valence-electron chi connectivity index (χ4n) is 6.61. The quantitative estimate of drug-likeness (QED) is 0.0876. The van der Waals surface area contributed by atoms with Crippen molar-refractivity contribution in [1.29, 1.82) is 0 Å². The van der Waals surface area contributed by atoms with Gasteiger partial charge in [-0.15, -0.1) is 0 Å².